The van der Waals surface area contributed by atoms with Crippen LogP contribution in [0.1, 0.15) is 30.7 Å². The van der Waals surface area contributed by atoms with Gasteiger partial charge in [-0.3, -0.25) is 4.99 Å². The zero-order chi connectivity index (χ0) is 17.6. The average Bonchev–Trinajstić information content (AvgIpc) is 3.14. The molecule has 2 saturated heterocycles. The van der Waals surface area contributed by atoms with E-state index in [0.29, 0.717) is 5.92 Å². The highest BCUT2D eigenvalue weighted by Gasteiger charge is 2.26. The third kappa shape index (κ3) is 4.66. The largest absolute Gasteiger partial charge is 0.497 e. The first-order valence-corrected chi connectivity index (χ1v) is 9.47. The van der Waals surface area contributed by atoms with E-state index in [1.54, 1.807) is 7.11 Å². The predicted octanol–water partition coefficient (Wildman–Crippen LogP) is 2.40. The quantitative estimate of drug-likeness (QED) is 0.673. The Labute approximate surface area is 152 Å². The van der Waals surface area contributed by atoms with Crippen molar-refractivity contribution in [1.29, 1.82) is 0 Å². The molecular formula is C20H32N4O. The summed E-state index contributed by atoms with van der Waals surface area (Å²) in [6.07, 6.45) is 3.76. The van der Waals surface area contributed by atoms with Gasteiger partial charge in [0.05, 0.1) is 7.11 Å². The molecule has 2 fully saturated rings. The fourth-order valence-corrected chi connectivity index (χ4v) is 3.93. The van der Waals surface area contributed by atoms with Gasteiger partial charge in [-0.2, -0.15) is 0 Å². The lowest BCUT2D eigenvalue weighted by Crippen LogP contribution is -2.43. The summed E-state index contributed by atoms with van der Waals surface area (Å²) in [7, 11) is 5.83. The number of hydrogen-bond donors (Lipinski definition) is 1. The van der Waals surface area contributed by atoms with Crippen molar-refractivity contribution < 1.29 is 4.74 Å². The summed E-state index contributed by atoms with van der Waals surface area (Å²) in [4.78, 5) is 9.35. The molecule has 2 aliphatic rings. The molecule has 0 amide bonds. The second-order valence-corrected chi connectivity index (χ2v) is 7.38. The highest BCUT2D eigenvalue weighted by atomic mass is 16.5. The van der Waals surface area contributed by atoms with Gasteiger partial charge in [0.25, 0.3) is 0 Å². The van der Waals surface area contributed by atoms with Crippen molar-refractivity contribution in [3.8, 4) is 5.75 Å². The lowest BCUT2D eigenvalue weighted by atomic mass is 9.97. The second kappa shape index (κ2) is 8.56. The van der Waals surface area contributed by atoms with E-state index in [2.05, 4.69) is 51.4 Å². The van der Waals surface area contributed by atoms with Gasteiger partial charge in [-0.25, -0.2) is 0 Å². The van der Waals surface area contributed by atoms with Crippen molar-refractivity contribution >= 4 is 5.96 Å². The average molecular weight is 345 g/mol. The van der Waals surface area contributed by atoms with Crippen LogP contribution in [0.5, 0.6) is 5.75 Å². The molecule has 1 atom stereocenters. The highest BCUT2D eigenvalue weighted by Crippen LogP contribution is 2.28. The molecule has 0 saturated carbocycles. The highest BCUT2D eigenvalue weighted by molar-refractivity contribution is 5.80. The molecule has 138 valence electrons. The maximum absolute atomic E-state index is 5.26. The SMILES string of the molecule is CN=C(NCC1CCN(C)CC1)N1CCC(c2ccc(OC)cc2)C1. The summed E-state index contributed by atoms with van der Waals surface area (Å²) in [6, 6.07) is 8.51. The van der Waals surface area contributed by atoms with Crippen LogP contribution >= 0.6 is 0 Å². The molecule has 5 heteroatoms. The van der Waals surface area contributed by atoms with Crippen molar-refractivity contribution in [1.82, 2.24) is 15.1 Å². The van der Waals surface area contributed by atoms with Crippen molar-refractivity contribution in [2.45, 2.75) is 25.2 Å². The summed E-state index contributed by atoms with van der Waals surface area (Å²) in [5, 5.41) is 3.62. The number of aliphatic imine (C=N–C) groups is 1. The van der Waals surface area contributed by atoms with Crippen LogP contribution < -0.4 is 10.1 Å². The number of guanidine groups is 1. The number of hydrogen-bond acceptors (Lipinski definition) is 3. The van der Waals surface area contributed by atoms with E-state index in [-0.39, 0.29) is 0 Å². The van der Waals surface area contributed by atoms with Gasteiger partial charge in [0.2, 0.25) is 0 Å². The Morgan fingerprint density at radius 2 is 1.88 bits per heavy atom. The number of methoxy groups -OCH3 is 1. The summed E-state index contributed by atoms with van der Waals surface area (Å²) < 4.78 is 5.26. The van der Waals surface area contributed by atoms with E-state index in [4.69, 9.17) is 4.74 Å². The first kappa shape index (κ1) is 18.1. The van der Waals surface area contributed by atoms with Gasteiger partial charge in [-0.1, -0.05) is 12.1 Å². The molecule has 0 radical (unpaired) electrons. The van der Waals surface area contributed by atoms with E-state index in [0.717, 1.165) is 37.3 Å². The van der Waals surface area contributed by atoms with Crippen LogP contribution in [0, 0.1) is 5.92 Å². The number of ether oxygens (including phenoxy) is 1. The second-order valence-electron chi connectivity index (χ2n) is 7.38. The molecule has 0 aliphatic carbocycles. The summed E-state index contributed by atoms with van der Waals surface area (Å²) >= 11 is 0. The summed E-state index contributed by atoms with van der Waals surface area (Å²) in [5.74, 6) is 3.34. The van der Waals surface area contributed by atoms with Gasteiger partial charge in [-0.05, 0) is 63.0 Å². The Morgan fingerprint density at radius 1 is 1.16 bits per heavy atom. The van der Waals surface area contributed by atoms with Gasteiger partial charge in [0.15, 0.2) is 5.96 Å². The number of likely N-dealkylation sites (tertiary alicyclic amines) is 2. The Bertz CT molecular complexity index is 564. The van der Waals surface area contributed by atoms with Gasteiger partial charge >= 0.3 is 0 Å². The minimum Gasteiger partial charge on any atom is -0.497 e. The van der Waals surface area contributed by atoms with E-state index in [1.807, 2.05) is 7.05 Å². The summed E-state index contributed by atoms with van der Waals surface area (Å²) in [5.41, 5.74) is 1.40. The van der Waals surface area contributed by atoms with E-state index in [9.17, 15) is 0 Å². The Kier molecular flexibility index (Phi) is 6.19. The molecule has 1 aromatic carbocycles. The Hall–Kier alpha value is -1.75. The van der Waals surface area contributed by atoms with Crippen LogP contribution in [-0.2, 0) is 0 Å². The standard InChI is InChI=1S/C20H32N4O/c1-21-20(22-14-16-8-11-23(2)12-9-16)24-13-10-18(15-24)17-4-6-19(25-3)7-5-17/h4-7,16,18H,8-15H2,1-3H3,(H,21,22). The smallest absolute Gasteiger partial charge is 0.193 e. The van der Waals surface area contributed by atoms with E-state index < -0.39 is 0 Å². The van der Waals surface area contributed by atoms with Crippen molar-refractivity contribution in [2.24, 2.45) is 10.9 Å². The molecule has 25 heavy (non-hydrogen) atoms. The fourth-order valence-electron chi connectivity index (χ4n) is 3.93. The maximum atomic E-state index is 5.26. The minimum atomic E-state index is 0.577. The van der Waals surface area contributed by atoms with Crippen molar-refractivity contribution in [2.75, 3.05) is 53.9 Å². The molecule has 2 heterocycles. The molecule has 5 nitrogen and oxygen atoms in total. The molecule has 0 aromatic heterocycles. The van der Waals surface area contributed by atoms with E-state index in [1.165, 1.54) is 37.9 Å². The van der Waals surface area contributed by atoms with Crippen LogP contribution in [0.4, 0.5) is 0 Å². The van der Waals surface area contributed by atoms with Gasteiger partial charge < -0.3 is 19.9 Å². The lowest BCUT2D eigenvalue weighted by Gasteiger charge is -2.30. The minimum absolute atomic E-state index is 0.577. The summed E-state index contributed by atoms with van der Waals surface area (Å²) in [6.45, 7) is 5.59. The van der Waals surface area contributed by atoms with Gasteiger partial charge in [-0.15, -0.1) is 0 Å². The third-order valence-corrected chi connectivity index (χ3v) is 5.67. The molecular weight excluding hydrogens is 312 g/mol. The monoisotopic (exact) mass is 344 g/mol. The van der Waals surface area contributed by atoms with Crippen molar-refractivity contribution in [3.05, 3.63) is 29.8 Å². The van der Waals surface area contributed by atoms with Crippen LogP contribution in [0.25, 0.3) is 0 Å². The molecule has 2 aliphatic heterocycles. The first-order chi connectivity index (χ1) is 12.2. The Morgan fingerprint density at radius 3 is 2.52 bits per heavy atom. The molecule has 0 spiro atoms. The van der Waals surface area contributed by atoms with Crippen LogP contribution in [-0.4, -0.2) is 69.7 Å². The number of piperidine rings is 1. The molecule has 0 bridgehead atoms. The molecule has 3 rings (SSSR count). The Balaban J connectivity index is 1.50. The third-order valence-electron chi connectivity index (χ3n) is 5.67. The molecule has 1 unspecified atom stereocenters. The number of rotatable bonds is 4. The normalized spacial score (nSPS) is 23.1. The zero-order valence-corrected chi connectivity index (χ0v) is 15.9. The van der Waals surface area contributed by atoms with E-state index >= 15 is 0 Å². The molecule has 1 N–H and O–H groups in total. The maximum Gasteiger partial charge on any atom is 0.193 e. The number of nitrogens with zero attached hydrogens (tertiary/aromatic N) is 3. The fraction of sp³-hybridized carbons (Fsp3) is 0.650. The van der Waals surface area contributed by atoms with Crippen LogP contribution in [0.3, 0.4) is 0 Å². The van der Waals surface area contributed by atoms with Gasteiger partial charge in [0, 0.05) is 32.6 Å². The van der Waals surface area contributed by atoms with Crippen LogP contribution in [0.2, 0.25) is 0 Å². The van der Waals surface area contributed by atoms with Crippen LogP contribution in [0.15, 0.2) is 29.3 Å². The first-order valence-electron chi connectivity index (χ1n) is 9.47. The predicted molar refractivity (Wildman–Crippen MR) is 104 cm³/mol. The lowest BCUT2D eigenvalue weighted by molar-refractivity contribution is 0.219. The number of benzene rings is 1. The van der Waals surface area contributed by atoms with Crippen molar-refractivity contribution in [3.63, 3.8) is 0 Å². The topological polar surface area (TPSA) is 40.1 Å². The zero-order valence-electron chi connectivity index (χ0n) is 15.9. The van der Waals surface area contributed by atoms with Gasteiger partial charge in [0.1, 0.15) is 5.75 Å². The molecule has 1 aromatic rings. The number of nitrogens with one attached hydrogen (secondary N) is 1.